The fraction of sp³-hybridized carbons (Fsp3) is 0.160. The maximum atomic E-state index is 13.5. The summed E-state index contributed by atoms with van der Waals surface area (Å²) >= 11 is 0. The highest BCUT2D eigenvalue weighted by atomic mass is 32.2. The Balaban J connectivity index is 1.55. The number of H-pyrrole nitrogens is 1. The van der Waals surface area contributed by atoms with Gasteiger partial charge in [0.25, 0.3) is 5.56 Å². The number of hydrogen-bond donors (Lipinski definition) is 1. The topological polar surface area (TPSA) is 88.7 Å². The van der Waals surface area contributed by atoms with Crippen LogP contribution in [0.2, 0.25) is 0 Å². The predicted octanol–water partition coefficient (Wildman–Crippen LogP) is 4.10. The summed E-state index contributed by atoms with van der Waals surface area (Å²) in [4.78, 5) is 15.6. The highest BCUT2D eigenvalue weighted by Crippen LogP contribution is 2.33. The van der Waals surface area contributed by atoms with E-state index in [9.17, 15) is 17.6 Å². The van der Waals surface area contributed by atoms with Crippen LogP contribution in [0, 0.1) is 12.7 Å². The van der Waals surface area contributed by atoms with Crippen molar-refractivity contribution in [3.05, 3.63) is 99.6 Å². The summed E-state index contributed by atoms with van der Waals surface area (Å²) < 4.78 is 52.5. The summed E-state index contributed by atoms with van der Waals surface area (Å²) in [6, 6.07) is 17.1. The number of pyridine rings is 1. The van der Waals surface area contributed by atoms with Crippen LogP contribution >= 0.6 is 0 Å². The molecular formula is C25H21FN2O5S. The first-order valence-electron chi connectivity index (χ1n) is 10.6. The first-order chi connectivity index (χ1) is 16.3. The quantitative estimate of drug-likeness (QED) is 0.449. The first-order valence-corrected chi connectivity index (χ1v) is 12.0. The summed E-state index contributed by atoms with van der Waals surface area (Å²) in [6.45, 7) is 1.82. The van der Waals surface area contributed by atoms with Gasteiger partial charge in [-0.05, 0) is 72.0 Å². The number of aromatic amines is 1. The summed E-state index contributed by atoms with van der Waals surface area (Å²) in [6.07, 6.45) is 0. The van der Waals surface area contributed by atoms with Crippen LogP contribution in [-0.4, -0.2) is 24.5 Å². The number of benzene rings is 3. The van der Waals surface area contributed by atoms with E-state index >= 15 is 0 Å². The van der Waals surface area contributed by atoms with Gasteiger partial charge in [0.05, 0.1) is 4.90 Å². The van der Waals surface area contributed by atoms with Crippen LogP contribution in [0.15, 0.2) is 76.4 Å². The molecule has 0 fully saturated rings. The van der Waals surface area contributed by atoms with Gasteiger partial charge in [-0.3, -0.25) is 4.79 Å². The van der Waals surface area contributed by atoms with Gasteiger partial charge in [-0.2, -0.15) is 4.31 Å². The van der Waals surface area contributed by atoms with Crippen LogP contribution in [0.5, 0.6) is 11.5 Å². The van der Waals surface area contributed by atoms with E-state index in [4.69, 9.17) is 9.47 Å². The third-order valence-corrected chi connectivity index (χ3v) is 7.48. The Morgan fingerprint density at radius 3 is 2.50 bits per heavy atom. The Kier molecular flexibility index (Phi) is 5.59. The normalized spacial score (nSPS) is 13.0. The molecule has 9 heteroatoms. The molecular weight excluding hydrogens is 459 g/mol. The predicted molar refractivity (Wildman–Crippen MR) is 125 cm³/mol. The lowest BCUT2D eigenvalue weighted by Gasteiger charge is -2.22. The van der Waals surface area contributed by atoms with E-state index in [1.807, 2.05) is 25.1 Å². The third-order valence-electron chi connectivity index (χ3n) is 5.67. The van der Waals surface area contributed by atoms with E-state index in [0.717, 1.165) is 23.1 Å². The van der Waals surface area contributed by atoms with Gasteiger partial charge in [-0.25, -0.2) is 12.8 Å². The number of ether oxygens (including phenoxy) is 2. The Morgan fingerprint density at radius 2 is 1.71 bits per heavy atom. The monoisotopic (exact) mass is 480 g/mol. The van der Waals surface area contributed by atoms with Crippen molar-refractivity contribution < 1.29 is 22.3 Å². The van der Waals surface area contributed by atoms with E-state index in [0.29, 0.717) is 28.1 Å². The average Bonchev–Trinajstić information content (AvgIpc) is 3.27. The Morgan fingerprint density at radius 1 is 0.941 bits per heavy atom. The molecule has 7 nitrogen and oxygen atoms in total. The van der Waals surface area contributed by atoms with Gasteiger partial charge in [0.15, 0.2) is 11.5 Å². The van der Waals surface area contributed by atoms with Crippen molar-refractivity contribution in [3.63, 3.8) is 0 Å². The van der Waals surface area contributed by atoms with Crippen molar-refractivity contribution >= 4 is 20.9 Å². The van der Waals surface area contributed by atoms with Crippen molar-refractivity contribution in [3.8, 4) is 11.5 Å². The molecule has 174 valence electrons. The minimum absolute atomic E-state index is 0.0261. The van der Waals surface area contributed by atoms with E-state index in [1.165, 1.54) is 16.4 Å². The third kappa shape index (κ3) is 4.27. The second-order valence-corrected chi connectivity index (χ2v) is 10.1. The Hall–Kier alpha value is -3.69. The van der Waals surface area contributed by atoms with Gasteiger partial charge in [-0.1, -0.05) is 18.2 Å². The fourth-order valence-electron chi connectivity index (χ4n) is 3.89. The summed E-state index contributed by atoms with van der Waals surface area (Å²) in [5, 5.41) is 0.794. The molecule has 1 aliphatic rings. The maximum Gasteiger partial charge on any atom is 0.252 e. The largest absolute Gasteiger partial charge is 0.454 e. The van der Waals surface area contributed by atoms with Gasteiger partial charge in [0.1, 0.15) is 5.82 Å². The maximum absolute atomic E-state index is 13.5. The van der Waals surface area contributed by atoms with E-state index in [2.05, 4.69) is 4.98 Å². The molecule has 5 rings (SSSR count). The molecule has 0 bridgehead atoms. The zero-order valence-electron chi connectivity index (χ0n) is 18.2. The number of aromatic nitrogens is 1. The number of sulfonamides is 1. The van der Waals surface area contributed by atoms with Crippen molar-refractivity contribution in [1.29, 1.82) is 0 Å². The van der Waals surface area contributed by atoms with E-state index < -0.39 is 15.8 Å². The van der Waals surface area contributed by atoms with Crippen LogP contribution in [-0.2, 0) is 23.1 Å². The lowest BCUT2D eigenvalue weighted by Crippen LogP contribution is -2.32. The number of rotatable bonds is 6. The molecule has 0 unspecified atom stereocenters. The van der Waals surface area contributed by atoms with E-state index in [-0.39, 0.29) is 30.3 Å². The highest BCUT2D eigenvalue weighted by molar-refractivity contribution is 7.89. The zero-order chi connectivity index (χ0) is 23.9. The van der Waals surface area contributed by atoms with Gasteiger partial charge in [0.2, 0.25) is 16.8 Å². The number of aryl methyl sites for hydroxylation is 1. The van der Waals surface area contributed by atoms with Gasteiger partial charge in [-0.15, -0.1) is 0 Å². The Labute approximate surface area is 195 Å². The molecule has 0 aliphatic carbocycles. The average molecular weight is 481 g/mol. The fourth-order valence-corrected chi connectivity index (χ4v) is 5.30. The molecule has 34 heavy (non-hydrogen) atoms. The molecule has 0 saturated heterocycles. The summed E-state index contributed by atoms with van der Waals surface area (Å²) in [5.41, 5.74) is 2.25. The summed E-state index contributed by atoms with van der Waals surface area (Å²) in [5.74, 6) is 0.566. The van der Waals surface area contributed by atoms with Crippen LogP contribution in [0.4, 0.5) is 4.39 Å². The molecule has 0 amide bonds. The standard InChI is InChI=1S/C25H21FN2O5S/c1-16-2-4-18-12-19(25(29)27-22(18)10-16)14-28(34(30,31)21-7-5-20(26)6-8-21)13-17-3-9-23-24(11-17)33-15-32-23/h2-12H,13-15H2,1H3,(H,27,29). The molecule has 2 heterocycles. The van der Waals surface area contributed by atoms with Crippen molar-refractivity contribution in [2.75, 3.05) is 6.79 Å². The summed E-state index contributed by atoms with van der Waals surface area (Å²) in [7, 11) is -4.06. The van der Waals surface area contributed by atoms with Crippen LogP contribution in [0.3, 0.4) is 0 Å². The van der Waals surface area contributed by atoms with E-state index in [1.54, 1.807) is 24.3 Å². The number of halogens is 1. The van der Waals surface area contributed by atoms with Crippen molar-refractivity contribution in [1.82, 2.24) is 9.29 Å². The number of hydrogen-bond acceptors (Lipinski definition) is 5. The molecule has 0 atom stereocenters. The lowest BCUT2D eigenvalue weighted by atomic mass is 10.1. The smallest absolute Gasteiger partial charge is 0.252 e. The van der Waals surface area contributed by atoms with Crippen molar-refractivity contribution in [2.24, 2.45) is 0 Å². The Bertz CT molecular complexity index is 1550. The molecule has 1 aromatic heterocycles. The second kappa shape index (κ2) is 8.58. The minimum atomic E-state index is -4.06. The van der Waals surface area contributed by atoms with Gasteiger partial charge in [0, 0.05) is 24.2 Å². The number of nitrogens with zero attached hydrogens (tertiary/aromatic N) is 1. The van der Waals surface area contributed by atoms with Crippen LogP contribution < -0.4 is 15.0 Å². The minimum Gasteiger partial charge on any atom is -0.454 e. The molecule has 0 radical (unpaired) electrons. The molecule has 1 aliphatic heterocycles. The van der Waals surface area contributed by atoms with Crippen molar-refractivity contribution in [2.45, 2.75) is 24.9 Å². The molecule has 0 spiro atoms. The zero-order valence-corrected chi connectivity index (χ0v) is 19.1. The molecule has 3 aromatic carbocycles. The highest BCUT2D eigenvalue weighted by Gasteiger charge is 2.27. The second-order valence-electron chi connectivity index (χ2n) is 8.13. The first kappa shape index (κ1) is 22.1. The molecule has 1 N–H and O–H groups in total. The number of nitrogens with one attached hydrogen (secondary N) is 1. The van der Waals surface area contributed by atoms with Crippen LogP contribution in [0.25, 0.3) is 10.9 Å². The van der Waals surface area contributed by atoms with Gasteiger partial charge >= 0.3 is 0 Å². The number of fused-ring (bicyclic) bond motifs is 2. The molecule has 4 aromatic rings. The molecule has 0 saturated carbocycles. The lowest BCUT2D eigenvalue weighted by molar-refractivity contribution is 0.174. The SMILES string of the molecule is Cc1ccc2cc(CN(Cc3ccc4c(c3)OCO4)S(=O)(=O)c3ccc(F)cc3)c(=O)[nH]c2c1. The van der Waals surface area contributed by atoms with Crippen LogP contribution in [0.1, 0.15) is 16.7 Å². The van der Waals surface area contributed by atoms with Gasteiger partial charge < -0.3 is 14.5 Å².